The van der Waals surface area contributed by atoms with Crippen LogP contribution in [0.1, 0.15) is 33.1 Å². The molecule has 0 aromatic rings. The third-order valence-corrected chi connectivity index (χ3v) is 3.82. The average Bonchev–Trinajstić information content (AvgIpc) is 2.37. The van der Waals surface area contributed by atoms with E-state index >= 15 is 0 Å². The maximum Gasteiger partial charge on any atom is 0.407 e. The first-order valence-electron chi connectivity index (χ1n) is 6.80. The molecule has 0 aromatic heterocycles. The molecule has 106 valence electrons. The topological polar surface area (TPSA) is 61.8 Å². The second-order valence-electron chi connectivity index (χ2n) is 5.16. The first-order valence-corrected chi connectivity index (χ1v) is 6.80. The minimum absolute atomic E-state index is 0.122. The van der Waals surface area contributed by atoms with Crippen molar-refractivity contribution in [3.8, 4) is 0 Å². The number of carbonyl (C=O) groups is 1. The monoisotopic (exact) mass is 258 g/mol. The number of piperidine rings is 1. The van der Waals surface area contributed by atoms with Gasteiger partial charge in [-0.2, -0.15) is 0 Å². The van der Waals surface area contributed by atoms with Crippen LogP contribution in [0.3, 0.4) is 0 Å². The first kappa shape index (κ1) is 15.2. The Hall–Kier alpha value is -0.810. The molecule has 2 N–H and O–H groups in total. The Morgan fingerprint density at radius 3 is 2.83 bits per heavy atom. The van der Waals surface area contributed by atoms with Crippen molar-refractivity contribution in [2.45, 2.75) is 45.2 Å². The SMILES string of the molecule is CCC(C)N1CC(CCO)CC(NC(=O)OC)C1. The van der Waals surface area contributed by atoms with Crippen LogP contribution in [0.15, 0.2) is 0 Å². The van der Waals surface area contributed by atoms with Gasteiger partial charge in [0.1, 0.15) is 0 Å². The average molecular weight is 258 g/mol. The van der Waals surface area contributed by atoms with Gasteiger partial charge in [0, 0.05) is 31.8 Å². The Labute approximate surface area is 109 Å². The van der Waals surface area contributed by atoms with Crippen LogP contribution in [0.5, 0.6) is 0 Å². The van der Waals surface area contributed by atoms with Crippen LogP contribution in [0.25, 0.3) is 0 Å². The highest BCUT2D eigenvalue weighted by Crippen LogP contribution is 2.22. The second-order valence-corrected chi connectivity index (χ2v) is 5.16. The molecule has 0 aromatic carbocycles. The summed E-state index contributed by atoms with van der Waals surface area (Å²) in [5.74, 6) is 0.444. The molecule has 18 heavy (non-hydrogen) atoms. The molecule has 1 aliphatic rings. The van der Waals surface area contributed by atoms with Crippen molar-refractivity contribution in [3.63, 3.8) is 0 Å². The molecule has 5 heteroatoms. The van der Waals surface area contributed by atoms with Gasteiger partial charge in [0.25, 0.3) is 0 Å². The van der Waals surface area contributed by atoms with Crippen LogP contribution >= 0.6 is 0 Å². The maximum atomic E-state index is 11.3. The van der Waals surface area contributed by atoms with E-state index in [1.807, 2.05) is 0 Å². The van der Waals surface area contributed by atoms with Gasteiger partial charge in [0.15, 0.2) is 0 Å². The minimum Gasteiger partial charge on any atom is -0.453 e. The van der Waals surface area contributed by atoms with Crippen LogP contribution in [0.2, 0.25) is 0 Å². The molecule has 1 heterocycles. The number of carbonyl (C=O) groups excluding carboxylic acids is 1. The fraction of sp³-hybridized carbons (Fsp3) is 0.923. The number of alkyl carbamates (subject to hydrolysis) is 1. The molecule has 0 saturated carbocycles. The Bertz CT molecular complexity index is 261. The van der Waals surface area contributed by atoms with Gasteiger partial charge in [0.2, 0.25) is 0 Å². The lowest BCUT2D eigenvalue weighted by Gasteiger charge is -2.40. The Morgan fingerprint density at radius 2 is 2.28 bits per heavy atom. The van der Waals surface area contributed by atoms with Crippen LogP contribution in [-0.4, -0.2) is 55.0 Å². The van der Waals surface area contributed by atoms with Gasteiger partial charge < -0.3 is 15.2 Å². The zero-order valence-corrected chi connectivity index (χ0v) is 11.7. The van der Waals surface area contributed by atoms with E-state index in [1.165, 1.54) is 7.11 Å². The standard InChI is InChI=1S/C13H26N2O3/c1-4-10(2)15-8-11(5-6-16)7-12(9-15)14-13(17)18-3/h10-12,16H,4-9H2,1-3H3,(H,14,17). The largest absolute Gasteiger partial charge is 0.453 e. The fourth-order valence-corrected chi connectivity index (χ4v) is 2.58. The Balaban J connectivity index is 2.58. The minimum atomic E-state index is -0.367. The van der Waals surface area contributed by atoms with Crippen LogP contribution in [0.4, 0.5) is 4.79 Å². The zero-order chi connectivity index (χ0) is 13.5. The number of aliphatic hydroxyl groups is 1. The Morgan fingerprint density at radius 1 is 1.56 bits per heavy atom. The molecule has 1 rings (SSSR count). The van der Waals surface area contributed by atoms with E-state index < -0.39 is 0 Å². The molecule has 1 fully saturated rings. The van der Waals surface area contributed by atoms with Crippen molar-refractivity contribution in [2.75, 3.05) is 26.8 Å². The van der Waals surface area contributed by atoms with Crippen LogP contribution in [-0.2, 0) is 4.74 Å². The molecule has 1 saturated heterocycles. The number of hydrogen-bond donors (Lipinski definition) is 2. The third kappa shape index (κ3) is 4.46. The quantitative estimate of drug-likeness (QED) is 0.778. The zero-order valence-electron chi connectivity index (χ0n) is 11.7. The van der Waals surface area contributed by atoms with E-state index in [9.17, 15) is 4.79 Å². The van der Waals surface area contributed by atoms with Crippen molar-refractivity contribution < 1.29 is 14.6 Å². The van der Waals surface area contributed by atoms with Gasteiger partial charge in [0.05, 0.1) is 7.11 Å². The van der Waals surface area contributed by atoms with Gasteiger partial charge in [-0.1, -0.05) is 6.92 Å². The van der Waals surface area contributed by atoms with Crippen LogP contribution < -0.4 is 5.32 Å². The van der Waals surface area contributed by atoms with Gasteiger partial charge >= 0.3 is 6.09 Å². The fourth-order valence-electron chi connectivity index (χ4n) is 2.58. The van der Waals surface area contributed by atoms with E-state index in [1.54, 1.807) is 0 Å². The summed E-state index contributed by atoms with van der Waals surface area (Å²) in [7, 11) is 1.38. The molecule has 5 nitrogen and oxygen atoms in total. The summed E-state index contributed by atoms with van der Waals surface area (Å²) < 4.78 is 4.65. The van der Waals surface area contributed by atoms with E-state index in [0.717, 1.165) is 32.4 Å². The highest BCUT2D eigenvalue weighted by molar-refractivity contribution is 5.67. The molecule has 0 aliphatic carbocycles. The molecule has 0 bridgehead atoms. The maximum absolute atomic E-state index is 11.3. The number of likely N-dealkylation sites (tertiary alicyclic amines) is 1. The summed E-state index contributed by atoms with van der Waals surface area (Å²) in [5.41, 5.74) is 0. The summed E-state index contributed by atoms with van der Waals surface area (Å²) >= 11 is 0. The van der Waals surface area contributed by atoms with Crippen molar-refractivity contribution in [1.29, 1.82) is 0 Å². The van der Waals surface area contributed by atoms with E-state index in [0.29, 0.717) is 12.0 Å². The predicted molar refractivity (Wildman–Crippen MR) is 70.5 cm³/mol. The number of rotatable bonds is 5. The summed E-state index contributed by atoms with van der Waals surface area (Å²) in [6, 6.07) is 0.630. The van der Waals surface area contributed by atoms with Crippen molar-refractivity contribution in [3.05, 3.63) is 0 Å². The summed E-state index contributed by atoms with van der Waals surface area (Å²) in [5, 5.41) is 12.0. The van der Waals surface area contributed by atoms with Crippen LogP contribution in [0, 0.1) is 5.92 Å². The number of amides is 1. The highest BCUT2D eigenvalue weighted by Gasteiger charge is 2.29. The number of nitrogens with zero attached hydrogens (tertiary/aromatic N) is 1. The van der Waals surface area contributed by atoms with Gasteiger partial charge in [-0.05, 0) is 32.1 Å². The van der Waals surface area contributed by atoms with Crippen molar-refractivity contribution >= 4 is 6.09 Å². The number of hydrogen-bond acceptors (Lipinski definition) is 4. The summed E-state index contributed by atoms with van der Waals surface area (Å²) in [6.45, 7) is 6.46. The number of nitrogens with one attached hydrogen (secondary N) is 1. The Kier molecular flexibility index (Phi) is 6.43. The molecule has 1 aliphatic heterocycles. The first-order chi connectivity index (χ1) is 8.60. The lowest BCUT2D eigenvalue weighted by molar-refractivity contribution is 0.0851. The third-order valence-electron chi connectivity index (χ3n) is 3.82. The van der Waals surface area contributed by atoms with E-state index in [2.05, 4.69) is 28.8 Å². The number of ether oxygens (including phenoxy) is 1. The van der Waals surface area contributed by atoms with E-state index in [-0.39, 0.29) is 18.7 Å². The molecular weight excluding hydrogens is 232 g/mol. The van der Waals surface area contributed by atoms with Gasteiger partial charge in [-0.15, -0.1) is 0 Å². The number of methoxy groups -OCH3 is 1. The van der Waals surface area contributed by atoms with Gasteiger partial charge in [-0.25, -0.2) is 4.79 Å². The second kappa shape index (κ2) is 7.59. The van der Waals surface area contributed by atoms with E-state index in [4.69, 9.17) is 5.11 Å². The molecule has 0 spiro atoms. The van der Waals surface area contributed by atoms with Crippen molar-refractivity contribution in [2.24, 2.45) is 5.92 Å². The molecule has 3 atom stereocenters. The lowest BCUT2D eigenvalue weighted by Crippen LogP contribution is -2.53. The van der Waals surface area contributed by atoms with Crippen molar-refractivity contribution in [1.82, 2.24) is 10.2 Å². The summed E-state index contributed by atoms with van der Waals surface area (Å²) in [6.07, 6.45) is 2.44. The molecule has 3 unspecified atom stereocenters. The highest BCUT2D eigenvalue weighted by atomic mass is 16.5. The molecule has 0 radical (unpaired) electrons. The smallest absolute Gasteiger partial charge is 0.407 e. The number of aliphatic hydroxyl groups excluding tert-OH is 1. The molecule has 1 amide bonds. The lowest BCUT2D eigenvalue weighted by atomic mass is 9.90. The predicted octanol–water partition coefficient (Wildman–Crippen LogP) is 1.21. The normalized spacial score (nSPS) is 26.7. The van der Waals surface area contributed by atoms with Gasteiger partial charge in [-0.3, -0.25) is 4.90 Å². The molecular formula is C13H26N2O3. The summed E-state index contributed by atoms with van der Waals surface area (Å²) in [4.78, 5) is 13.7.